The Kier molecular flexibility index (Phi) is 4.90. The molecule has 0 aliphatic carbocycles. The van der Waals surface area contributed by atoms with Crippen molar-refractivity contribution in [1.82, 2.24) is 5.32 Å². The molecule has 6 heteroatoms. The Hall–Kier alpha value is -1.53. The molecule has 1 aliphatic rings. The van der Waals surface area contributed by atoms with Gasteiger partial charge in [-0.05, 0) is 24.3 Å². The van der Waals surface area contributed by atoms with Crippen LogP contribution in [-0.2, 0) is 9.53 Å². The molecule has 114 valence electrons. The summed E-state index contributed by atoms with van der Waals surface area (Å²) in [5.74, 6) is -1.44. The van der Waals surface area contributed by atoms with E-state index in [9.17, 15) is 14.7 Å². The Morgan fingerprint density at radius 3 is 2.48 bits per heavy atom. The number of benzene rings is 1. The van der Waals surface area contributed by atoms with Crippen molar-refractivity contribution in [3.8, 4) is 0 Å². The Morgan fingerprint density at radius 1 is 1.33 bits per heavy atom. The second kappa shape index (κ2) is 6.49. The lowest BCUT2D eigenvalue weighted by atomic mass is 9.98. The molecule has 0 spiro atoms. The molecule has 0 radical (unpaired) electrons. The lowest BCUT2D eigenvalue weighted by Gasteiger charge is -2.23. The molecule has 1 aromatic rings. The van der Waals surface area contributed by atoms with Crippen molar-refractivity contribution in [3.63, 3.8) is 0 Å². The summed E-state index contributed by atoms with van der Waals surface area (Å²) < 4.78 is 5.12. The van der Waals surface area contributed by atoms with Gasteiger partial charge < -0.3 is 15.2 Å². The highest BCUT2D eigenvalue weighted by molar-refractivity contribution is 7.99. The maximum absolute atomic E-state index is 12.2. The largest absolute Gasteiger partial charge is 0.479 e. The molecule has 1 aliphatic heterocycles. The topological polar surface area (TPSA) is 75.6 Å². The van der Waals surface area contributed by atoms with Crippen LogP contribution >= 0.6 is 11.8 Å². The molecule has 1 heterocycles. The smallest absolute Gasteiger partial charge is 0.331 e. The van der Waals surface area contributed by atoms with E-state index in [1.807, 2.05) is 12.1 Å². The van der Waals surface area contributed by atoms with Gasteiger partial charge in [0.05, 0.1) is 6.61 Å². The fourth-order valence-electron chi connectivity index (χ4n) is 2.13. The molecular weight excluding hydrogens is 290 g/mol. The van der Waals surface area contributed by atoms with E-state index < -0.39 is 11.5 Å². The molecule has 1 unspecified atom stereocenters. The third-order valence-corrected chi connectivity index (χ3v) is 4.29. The number of hydrogen-bond acceptors (Lipinski definition) is 4. The van der Waals surface area contributed by atoms with Gasteiger partial charge in [0.2, 0.25) is 0 Å². The van der Waals surface area contributed by atoms with Crippen LogP contribution in [0.4, 0.5) is 0 Å². The summed E-state index contributed by atoms with van der Waals surface area (Å²) in [6, 6.07) is 7.17. The standard InChI is InChI=1S/C15H19NO4S/c1-10(2)21-12-5-3-11(4-6-12)13(17)16-15(14(18)19)7-8-20-9-15/h3-6,10H,7-9H2,1-2H3,(H,16,17)(H,18,19). The van der Waals surface area contributed by atoms with Crippen LogP contribution in [0.25, 0.3) is 0 Å². The molecule has 1 atom stereocenters. The molecule has 21 heavy (non-hydrogen) atoms. The van der Waals surface area contributed by atoms with E-state index in [1.165, 1.54) is 0 Å². The summed E-state index contributed by atoms with van der Waals surface area (Å²) in [5.41, 5.74) is -0.849. The number of aliphatic carboxylic acids is 1. The van der Waals surface area contributed by atoms with Gasteiger partial charge in [-0.25, -0.2) is 4.79 Å². The average Bonchev–Trinajstić information content (AvgIpc) is 2.88. The van der Waals surface area contributed by atoms with Crippen LogP contribution < -0.4 is 5.32 Å². The second-order valence-electron chi connectivity index (χ2n) is 5.33. The van der Waals surface area contributed by atoms with Crippen molar-refractivity contribution in [2.45, 2.75) is 36.0 Å². The zero-order valence-electron chi connectivity index (χ0n) is 12.1. The quantitative estimate of drug-likeness (QED) is 0.815. The average molecular weight is 309 g/mol. The van der Waals surface area contributed by atoms with E-state index in [0.29, 0.717) is 17.4 Å². The number of nitrogens with one attached hydrogen (secondary N) is 1. The van der Waals surface area contributed by atoms with Crippen molar-refractivity contribution < 1.29 is 19.4 Å². The number of thioether (sulfide) groups is 1. The summed E-state index contributed by atoms with van der Waals surface area (Å²) in [6.07, 6.45) is 0.287. The minimum Gasteiger partial charge on any atom is -0.479 e. The lowest BCUT2D eigenvalue weighted by Crippen LogP contribution is -2.55. The number of amides is 1. The van der Waals surface area contributed by atoms with Gasteiger partial charge in [0.25, 0.3) is 5.91 Å². The third-order valence-electron chi connectivity index (χ3n) is 3.27. The van der Waals surface area contributed by atoms with Crippen molar-refractivity contribution in [2.75, 3.05) is 13.2 Å². The maximum atomic E-state index is 12.2. The van der Waals surface area contributed by atoms with E-state index in [-0.39, 0.29) is 18.9 Å². The van der Waals surface area contributed by atoms with Crippen molar-refractivity contribution in [3.05, 3.63) is 29.8 Å². The molecule has 0 saturated carbocycles. The van der Waals surface area contributed by atoms with E-state index in [4.69, 9.17) is 4.74 Å². The molecule has 1 fully saturated rings. The zero-order chi connectivity index (χ0) is 15.5. The van der Waals surface area contributed by atoms with Gasteiger partial charge in [0.1, 0.15) is 0 Å². The second-order valence-corrected chi connectivity index (χ2v) is 6.98. The van der Waals surface area contributed by atoms with Crippen molar-refractivity contribution >= 4 is 23.6 Å². The van der Waals surface area contributed by atoms with Crippen molar-refractivity contribution in [1.29, 1.82) is 0 Å². The normalized spacial score (nSPS) is 21.5. The van der Waals surface area contributed by atoms with Crippen LogP contribution in [0.2, 0.25) is 0 Å². The fraction of sp³-hybridized carbons (Fsp3) is 0.467. The fourth-order valence-corrected chi connectivity index (χ4v) is 2.97. The minimum absolute atomic E-state index is 0.00928. The highest BCUT2D eigenvalue weighted by Gasteiger charge is 2.44. The first kappa shape index (κ1) is 15.9. The number of carboxylic acid groups (broad SMARTS) is 1. The Labute approximate surface area is 128 Å². The molecule has 1 saturated heterocycles. The molecule has 2 rings (SSSR count). The minimum atomic E-state index is -1.30. The Morgan fingerprint density at radius 2 is 2.00 bits per heavy atom. The van der Waals surface area contributed by atoms with Gasteiger partial charge in [-0.1, -0.05) is 13.8 Å². The number of hydrogen-bond donors (Lipinski definition) is 2. The van der Waals surface area contributed by atoms with Crippen LogP contribution in [0.5, 0.6) is 0 Å². The van der Waals surface area contributed by atoms with Gasteiger partial charge in [-0.15, -0.1) is 11.8 Å². The molecular formula is C15H19NO4S. The summed E-state index contributed by atoms with van der Waals surface area (Å²) in [7, 11) is 0. The van der Waals surface area contributed by atoms with E-state index in [1.54, 1.807) is 23.9 Å². The third kappa shape index (κ3) is 3.77. The maximum Gasteiger partial charge on any atom is 0.331 e. The molecule has 2 N–H and O–H groups in total. The molecule has 1 amide bonds. The Balaban J connectivity index is 2.07. The molecule has 5 nitrogen and oxygen atoms in total. The van der Waals surface area contributed by atoms with Crippen LogP contribution in [0.3, 0.4) is 0 Å². The zero-order valence-corrected chi connectivity index (χ0v) is 12.9. The highest BCUT2D eigenvalue weighted by Crippen LogP contribution is 2.24. The highest BCUT2D eigenvalue weighted by atomic mass is 32.2. The van der Waals surface area contributed by atoms with Gasteiger partial charge in [0, 0.05) is 28.7 Å². The predicted octanol–water partition coefficient (Wildman–Crippen LogP) is 2.16. The summed E-state index contributed by atoms with van der Waals surface area (Å²) in [4.78, 5) is 24.7. The van der Waals surface area contributed by atoms with Crippen molar-refractivity contribution in [2.24, 2.45) is 0 Å². The first-order chi connectivity index (χ1) is 9.93. The van der Waals surface area contributed by atoms with E-state index >= 15 is 0 Å². The predicted molar refractivity (Wildman–Crippen MR) is 80.7 cm³/mol. The molecule has 1 aromatic carbocycles. The number of rotatable bonds is 5. The number of carbonyl (C=O) groups is 2. The van der Waals surface area contributed by atoms with Gasteiger partial charge in [-0.3, -0.25) is 4.79 Å². The van der Waals surface area contributed by atoms with E-state index in [2.05, 4.69) is 19.2 Å². The lowest BCUT2D eigenvalue weighted by molar-refractivity contribution is -0.144. The number of carbonyl (C=O) groups excluding carboxylic acids is 1. The Bertz CT molecular complexity index is 521. The van der Waals surface area contributed by atoms with Gasteiger partial charge in [-0.2, -0.15) is 0 Å². The van der Waals surface area contributed by atoms with Crippen LogP contribution in [-0.4, -0.2) is 41.0 Å². The summed E-state index contributed by atoms with van der Waals surface area (Å²) in [5, 5.41) is 12.4. The number of ether oxygens (including phenoxy) is 1. The van der Waals surface area contributed by atoms with Crippen LogP contribution in [0, 0.1) is 0 Å². The van der Waals surface area contributed by atoms with Crippen LogP contribution in [0.1, 0.15) is 30.6 Å². The first-order valence-corrected chi connectivity index (χ1v) is 7.71. The SMILES string of the molecule is CC(C)Sc1ccc(C(=O)NC2(C(=O)O)CCOC2)cc1. The number of carboxylic acids is 1. The van der Waals surface area contributed by atoms with Crippen LogP contribution in [0.15, 0.2) is 29.2 Å². The monoisotopic (exact) mass is 309 g/mol. The summed E-state index contributed by atoms with van der Waals surface area (Å²) >= 11 is 1.71. The van der Waals surface area contributed by atoms with E-state index in [0.717, 1.165) is 4.90 Å². The van der Waals surface area contributed by atoms with Gasteiger partial charge in [0.15, 0.2) is 5.54 Å². The molecule has 0 bridgehead atoms. The summed E-state index contributed by atoms with van der Waals surface area (Å²) in [6.45, 7) is 4.55. The molecule has 0 aromatic heterocycles. The van der Waals surface area contributed by atoms with Gasteiger partial charge >= 0.3 is 5.97 Å². The first-order valence-electron chi connectivity index (χ1n) is 6.83.